The second kappa shape index (κ2) is 11.5. The van der Waals surface area contributed by atoms with Crippen molar-refractivity contribution in [3.05, 3.63) is 58.4 Å². The van der Waals surface area contributed by atoms with Gasteiger partial charge in [-0.3, -0.25) is 4.90 Å². The molecule has 0 spiro atoms. The number of fused-ring (bicyclic) bond motifs is 1. The van der Waals surface area contributed by atoms with Crippen LogP contribution in [0.1, 0.15) is 60.8 Å². The first-order valence-corrected chi connectivity index (χ1v) is 12.8. The topological polar surface area (TPSA) is 89.3 Å². The molecule has 3 aromatic rings. The maximum atomic E-state index is 13.8. The first kappa shape index (κ1) is 31.8. The maximum Gasteiger partial charge on any atom is 0.433 e. The Bertz CT molecular complexity index is 1440. The number of halogens is 9. The lowest BCUT2D eigenvalue weighted by molar-refractivity contribution is -0.143. The van der Waals surface area contributed by atoms with Gasteiger partial charge in [-0.1, -0.05) is 12.0 Å². The van der Waals surface area contributed by atoms with Gasteiger partial charge in [0.05, 0.1) is 42.2 Å². The van der Waals surface area contributed by atoms with Crippen LogP contribution in [0.3, 0.4) is 0 Å². The minimum absolute atomic E-state index is 0.0359. The van der Waals surface area contributed by atoms with E-state index in [0.717, 1.165) is 20.7 Å². The molecule has 1 aliphatic heterocycles. The molecule has 0 aliphatic carbocycles. The molecule has 2 atom stereocenters. The van der Waals surface area contributed by atoms with E-state index < -0.39 is 65.6 Å². The molecule has 18 heteroatoms. The van der Waals surface area contributed by atoms with Crippen molar-refractivity contribution in [3.8, 4) is 0 Å². The highest BCUT2D eigenvalue weighted by molar-refractivity contribution is 5.90. The Hall–Kier alpha value is -4.12. The van der Waals surface area contributed by atoms with Crippen molar-refractivity contribution in [1.82, 2.24) is 25.2 Å². The zero-order chi connectivity index (χ0) is 31.9. The molecule has 9 nitrogen and oxygen atoms in total. The van der Waals surface area contributed by atoms with Crippen LogP contribution in [0.15, 0.2) is 30.3 Å². The van der Waals surface area contributed by atoms with Crippen molar-refractivity contribution in [1.29, 1.82) is 0 Å². The van der Waals surface area contributed by atoms with Crippen LogP contribution >= 0.6 is 0 Å². The largest absolute Gasteiger partial charge is 0.449 e. The Morgan fingerprint density at radius 1 is 0.977 bits per heavy atom. The average Bonchev–Trinajstić information content (AvgIpc) is 3.34. The molecule has 43 heavy (non-hydrogen) atoms. The molecule has 0 radical (unpaired) electrons. The Morgan fingerprint density at radius 3 is 2.09 bits per heavy atom. The van der Waals surface area contributed by atoms with Gasteiger partial charge in [0.25, 0.3) is 5.95 Å². The monoisotopic (exact) mass is 625 g/mol. The maximum absolute atomic E-state index is 13.8. The summed E-state index contributed by atoms with van der Waals surface area (Å²) in [5.41, 5.74) is -5.38. The standard InChI is InChI=1S/C25H24F9N7O2/c1-4-16-11-18(20-17(41(16)22(42)43-5-2)6-7-19(35-20)25(32,33)34)40(21-36-38-39(3)37-21)12-13-8-14(23(26,27)28)10-15(9-13)24(29,30)31/h6-10,16,18H,4-5,11-12H2,1-3H3/t16-,18+/m1/s1. The van der Waals surface area contributed by atoms with Gasteiger partial charge in [-0.2, -0.15) is 44.3 Å². The highest BCUT2D eigenvalue weighted by Gasteiger charge is 2.44. The predicted octanol–water partition coefficient (Wildman–Crippen LogP) is 6.55. The summed E-state index contributed by atoms with van der Waals surface area (Å²) < 4.78 is 128. The molecule has 0 saturated heterocycles. The second-order valence-electron chi connectivity index (χ2n) is 9.60. The molecular weight excluding hydrogens is 601 g/mol. The van der Waals surface area contributed by atoms with E-state index >= 15 is 0 Å². The molecular formula is C25H24F9N7O2. The molecule has 0 unspecified atom stereocenters. The van der Waals surface area contributed by atoms with Gasteiger partial charge in [-0.05, 0) is 60.9 Å². The number of hydrogen-bond donors (Lipinski definition) is 0. The molecule has 1 amide bonds. The van der Waals surface area contributed by atoms with Crippen LogP contribution in [0.4, 0.5) is 55.9 Å². The predicted molar refractivity (Wildman–Crippen MR) is 132 cm³/mol. The number of aromatic nitrogens is 5. The number of tetrazole rings is 1. The molecule has 0 N–H and O–H groups in total. The van der Waals surface area contributed by atoms with E-state index in [-0.39, 0.29) is 42.8 Å². The SMILES string of the molecule is CCOC(=O)N1c2ccc(C(F)(F)F)nc2[C@@H](N(Cc2cc(C(F)(F)F)cc(C(F)(F)F)c2)c2nnn(C)n2)C[C@H]1CC. The fraction of sp³-hybridized carbons (Fsp3) is 0.480. The number of hydrogen-bond acceptors (Lipinski definition) is 7. The highest BCUT2D eigenvalue weighted by atomic mass is 19.4. The molecule has 4 rings (SSSR count). The molecule has 1 aromatic carbocycles. The van der Waals surface area contributed by atoms with E-state index in [2.05, 4.69) is 20.4 Å². The summed E-state index contributed by atoms with van der Waals surface area (Å²) in [5.74, 6) is -0.303. The normalized spacial score (nSPS) is 17.5. The number of nitrogens with zero attached hydrogens (tertiary/aromatic N) is 7. The van der Waals surface area contributed by atoms with Crippen molar-refractivity contribution in [3.63, 3.8) is 0 Å². The van der Waals surface area contributed by atoms with E-state index in [4.69, 9.17) is 4.74 Å². The van der Waals surface area contributed by atoms with E-state index in [0.29, 0.717) is 18.2 Å². The number of pyridine rings is 1. The lowest BCUT2D eigenvalue weighted by Gasteiger charge is -2.43. The van der Waals surface area contributed by atoms with Crippen molar-refractivity contribution in [2.75, 3.05) is 16.4 Å². The third-order valence-corrected chi connectivity index (χ3v) is 6.70. The zero-order valence-corrected chi connectivity index (χ0v) is 22.7. The highest BCUT2D eigenvalue weighted by Crippen LogP contribution is 2.44. The molecule has 0 saturated carbocycles. The first-order chi connectivity index (χ1) is 19.9. The number of carbonyl (C=O) groups excluding carboxylic acids is 1. The number of anilines is 2. The van der Waals surface area contributed by atoms with Crippen LogP contribution in [-0.2, 0) is 36.9 Å². The molecule has 2 aromatic heterocycles. The van der Waals surface area contributed by atoms with Gasteiger partial charge < -0.3 is 9.64 Å². The fourth-order valence-electron chi connectivity index (χ4n) is 4.83. The van der Waals surface area contributed by atoms with Gasteiger partial charge in [-0.25, -0.2) is 9.78 Å². The van der Waals surface area contributed by atoms with E-state index in [1.807, 2.05) is 0 Å². The van der Waals surface area contributed by atoms with Crippen molar-refractivity contribution < 1.29 is 49.0 Å². The number of alkyl halides is 9. The van der Waals surface area contributed by atoms with Gasteiger partial charge in [-0.15, -0.1) is 5.10 Å². The van der Waals surface area contributed by atoms with Crippen LogP contribution in [0, 0.1) is 0 Å². The molecule has 0 fully saturated rings. The fourth-order valence-corrected chi connectivity index (χ4v) is 4.83. The van der Waals surface area contributed by atoms with E-state index in [1.165, 1.54) is 14.0 Å². The summed E-state index contributed by atoms with van der Waals surface area (Å²) >= 11 is 0. The Labute approximate surface area is 238 Å². The second-order valence-corrected chi connectivity index (χ2v) is 9.60. The number of ether oxygens (including phenoxy) is 1. The Kier molecular flexibility index (Phi) is 8.52. The summed E-state index contributed by atoms with van der Waals surface area (Å²) in [5, 5.41) is 11.5. The van der Waals surface area contributed by atoms with Gasteiger partial charge >= 0.3 is 24.6 Å². The lowest BCUT2D eigenvalue weighted by atomic mass is 9.91. The number of carbonyl (C=O) groups is 1. The summed E-state index contributed by atoms with van der Waals surface area (Å²) in [6.45, 7) is 2.45. The minimum Gasteiger partial charge on any atom is -0.449 e. The molecule has 234 valence electrons. The average molecular weight is 625 g/mol. The summed E-state index contributed by atoms with van der Waals surface area (Å²) in [7, 11) is 1.34. The molecule has 1 aliphatic rings. The Morgan fingerprint density at radius 2 is 1.60 bits per heavy atom. The lowest BCUT2D eigenvalue weighted by Crippen LogP contribution is -2.48. The van der Waals surface area contributed by atoms with Gasteiger partial charge in [0.2, 0.25) is 0 Å². The molecule has 0 bridgehead atoms. The number of rotatable bonds is 6. The van der Waals surface area contributed by atoms with Gasteiger partial charge in [0.1, 0.15) is 5.69 Å². The van der Waals surface area contributed by atoms with Crippen molar-refractivity contribution >= 4 is 17.7 Å². The number of benzene rings is 1. The van der Waals surface area contributed by atoms with Crippen LogP contribution in [0.2, 0.25) is 0 Å². The summed E-state index contributed by atoms with van der Waals surface area (Å²) in [6.07, 6.45) is -16.0. The summed E-state index contributed by atoms with van der Waals surface area (Å²) in [4.78, 5) is 19.9. The van der Waals surface area contributed by atoms with Crippen LogP contribution < -0.4 is 9.80 Å². The third kappa shape index (κ3) is 6.77. The quantitative estimate of drug-likeness (QED) is 0.287. The van der Waals surface area contributed by atoms with Crippen LogP contribution in [0.25, 0.3) is 0 Å². The van der Waals surface area contributed by atoms with E-state index in [9.17, 15) is 44.3 Å². The van der Waals surface area contributed by atoms with Crippen molar-refractivity contribution in [2.24, 2.45) is 7.05 Å². The molecule has 3 heterocycles. The third-order valence-electron chi connectivity index (χ3n) is 6.70. The first-order valence-electron chi connectivity index (χ1n) is 12.8. The van der Waals surface area contributed by atoms with Gasteiger partial charge in [0, 0.05) is 12.6 Å². The van der Waals surface area contributed by atoms with E-state index in [1.54, 1.807) is 6.92 Å². The van der Waals surface area contributed by atoms with Crippen LogP contribution in [0.5, 0.6) is 0 Å². The smallest absolute Gasteiger partial charge is 0.433 e. The minimum atomic E-state index is -5.14. The zero-order valence-electron chi connectivity index (χ0n) is 22.7. The summed E-state index contributed by atoms with van der Waals surface area (Å²) in [6, 6.07) is 0.682. The van der Waals surface area contributed by atoms with Crippen molar-refractivity contribution in [2.45, 2.75) is 63.8 Å². The van der Waals surface area contributed by atoms with Gasteiger partial charge in [0.15, 0.2) is 0 Å². The Balaban J connectivity index is 1.93. The van der Waals surface area contributed by atoms with Crippen LogP contribution in [-0.4, -0.2) is 43.9 Å². The number of aryl methyl sites for hydroxylation is 1. The number of amides is 1.